The van der Waals surface area contributed by atoms with E-state index in [-0.39, 0.29) is 18.6 Å². The predicted octanol–water partition coefficient (Wildman–Crippen LogP) is 1.94. The molecule has 0 aliphatic carbocycles. The highest BCUT2D eigenvalue weighted by atomic mass is 16.5. The van der Waals surface area contributed by atoms with E-state index in [0.29, 0.717) is 30.0 Å². The van der Waals surface area contributed by atoms with Crippen LogP contribution in [0.1, 0.15) is 30.6 Å². The Labute approximate surface area is 120 Å². The molecule has 0 unspecified atom stereocenters. The fraction of sp³-hybridized carbons (Fsp3) is 0.533. The zero-order valence-electron chi connectivity index (χ0n) is 12.5. The molecule has 1 N–H and O–H groups in total. The molecule has 0 heterocycles. The number of rotatable bonds is 7. The van der Waals surface area contributed by atoms with Gasteiger partial charge in [0.25, 0.3) is 5.91 Å². The van der Waals surface area contributed by atoms with E-state index in [1.54, 1.807) is 30.2 Å². The van der Waals surface area contributed by atoms with Crippen molar-refractivity contribution in [2.75, 3.05) is 27.4 Å². The number of nitrogens with zero attached hydrogens (tertiary/aromatic N) is 1. The van der Waals surface area contributed by atoms with Gasteiger partial charge in [0.05, 0.1) is 14.2 Å². The third kappa shape index (κ3) is 3.87. The molecule has 0 aliphatic rings. The van der Waals surface area contributed by atoms with Crippen molar-refractivity contribution < 1.29 is 19.4 Å². The number of ether oxygens (including phenoxy) is 2. The van der Waals surface area contributed by atoms with Crippen molar-refractivity contribution in [3.8, 4) is 11.5 Å². The van der Waals surface area contributed by atoms with Crippen LogP contribution >= 0.6 is 0 Å². The Balaban J connectivity index is 2.99. The number of amides is 1. The van der Waals surface area contributed by atoms with Gasteiger partial charge in [-0.15, -0.1) is 0 Å². The smallest absolute Gasteiger partial charge is 0.254 e. The molecule has 0 saturated heterocycles. The highest BCUT2D eigenvalue weighted by Crippen LogP contribution is 2.28. The first kappa shape index (κ1) is 16.3. The van der Waals surface area contributed by atoms with Gasteiger partial charge in [-0.2, -0.15) is 0 Å². The zero-order valence-corrected chi connectivity index (χ0v) is 12.5. The van der Waals surface area contributed by atoms with Crippen LogP contribution in [-0.4, -0.2) is 49.3 Å². The molecular weight excluding hydrogens is 258 g/mol. The van der Waals surface area contributed by atoms with Crippen molar-refractivity contribution in [1.29, 1.82) is 0 Å². The molecule has 0 spiro atoms. The summed E-state index contributed by atoms with van der Waals surface area (Å²) >= 11 is 0. The van der Waals surface area contributed by atoms with Crippen LogP contribution in [0.2, 0.25) is 0 Å². The first-order chi connectivity index (χ1) is 9.54. The van der Waals surface area contributed by atoms with Crippen LogP contribution in [0.5, 0.6) is 11.5 Å². The summed E-state index contributed by atoms with van der Waals surface area (Å²) in [6.07, 6.45) is 0.567. The van der Waals surface area contributed by atoms with Gasteiger partial charge in [-0.25, -0.2) is 0 Å². The van der Waals surface area contributed by atoms with Gasteiger partial charge in [-0.3, -0.25) is 4.79 Å². The number of carbonyl (C=O) groups is 1. The number of hydrogen-bond acceptors (Lipinski definition) is 4. The molecule has 5 heteroatoms. The van der Waals surface area contributed by atoms with Gasteiger partial charge >= 0.3 is 0 Å². The lowest BCUT2D eigenvalue weighted by atomic mass is 10.1. The van der Waals surface area contributed by atoms with E-state index in [1.807, 2.05) is 13.8 Å². The van der Waals surface area contributed by atoms with E-state index >= 15 is 0 Å². The molecule has 5 nitrogen and oxygen atoms in total. The second-order valence-electron chi connectivity index (χ2n) is 4.74. The lowest BCUT2D eigenvalue weighted by Crippen LogP contribution is -2.38. The Morgan fingerprint density at radius 3 is 2.40 bits per heavy atom. The normalized spacial score (nSPS) is 10.5. The first-order valence-corrected chi connectivity index (χ1v) is 6.69. The maximum absolute atomic E-state index is 12.5. The Hall–Kier alpha value is -1.75. The van der Waals surface area contributed by atoms with Gasteiger partial charge in [0.1, 0.15) is 0 Å². The van der Waals surface area contributed by atoms with Crippen LogP contribution in [0.15, 0.2) is 18.2 Å². The van der Waals surface area contributed by atoms with Crippen LogP contribution in [0.25, 0.3) is 0 Å². The van der Waals surface area contributed by atoms with Crippen molar-refractivity contribution in [2.45, 2.75) is 26.3 Å². The highest BCUT2D eigenvalue weighted by Gasteiger charge is 2.19. The van der Waals surface area contributed by atoms with E-state index in [0.717, 1.165) is 0 Å². The van der Waals surface area contributed by atoms with Crippen LogP contribution in [0, 0.1) is 0 Å². The summed E-state index contributed by atoms with van der Waals surface area (Å²) in [4.78, 5) is 14.2. The van der Waals surface area contributed by atoms with E-state index in [4.69, 9.17) is 14.6 Å². The average Bonchev–Trinajstić information content (AvgIpc) is 2.46. The number of aliphatic hydroxyl groups is 1. The van der Waals surface area contributed by atoms with Crippen LogP contribution in [0.4, 0.5) is 0 Å². The Morgan fingerprint density at radius 2 is 1.90 bits per heavy atom. The molecule has 112 valence electrons. The number of carbonyl (C=O) groups excluding carboxylic acids is 1. The zero-order chi connectivity index (χ0) is 15.1. The predicted molar refractivity (Wildman–Crippen MR) is 77.4 cm³/mol. The summed E-state index contributed by atoms with van der Waals surface area (Å²) in [5.74, 6) is 1.05. The second-order valence-corrected chi connectivity index (χ2v) is 4.74. The van der Waals surface area contributed by atoms with Crippen LogP contribution in [0.3, 0.4) is 0 Å². The molecule has 0 fully saturated rings. The fourth-order valence-electron chi connectivity index (χ4n) is 1.97. The van der Waals surface area contributed by atoms with E-state index in [9.17, 15) is 4.79 Å². The Bertz CT molecular complexity index is 445. The van der Waals surface area contributed by atoms with Gasteiger partial charge < -0.3 is 19.5 Å². The molecule has 0 atom stereocenters. The minimum Gasteiger partial charge on any atom is -0.493 e. The fourth-order valence-corrected chi connectivity index (χ4v) is 1.97. The van der Waals surface area contributed by atoms with Crippen molar-refractivity contribution in [3.63, 3.8) is 0 Å². The van der Waals surface area contributed by atoms with Crippen molar-refractivity contribution in [3.05, 3.63) is 23.8 Å². The summed E-state index contributed by atoms with van der Waals surface area (Å²) in [6.45, 7) is 4.51. The Morgan fingerprint density at radius 1 is 1.25 bits per heavy atom. The summed E-state index contributed by atoms with van der Waals surface area (Å²) < 4.78 is 10.4. The molecule has 1 amide bonds. The van der Waals surface area contributed by atoms with Crippen molar-refractivity contribution in [2.24, 2.45) is 0 Å². The number of hydrogen-bond donors (Lipinski definition) is 1. The Kier molecular flexibility index (Phi) is 6.31. The third-order valence-corrected chi connectivity index (χ3v) is 3.07. The molecule has 1 aromatic carbocycles. The molecule has 0 bridgehead atoms. The lowest BCUT2D eigenvalue weighted by Gasteiger charge is -2.27. The van der Waals surface area contributed by atoms with E-state index < -0.39 is 0 Å². The summed E-state index contributed by atoms with van der Waals surface area (Å²) in [5.41, 5.74) is 0.550. The van der Waals surface area contributed by atoms with Crippen molar-refractivity contribution >= 4 is 5.91 Å². The monoisotopic (exact) mass is 281 g/mol. The van der Waals surface area contributed by atoms with Gasteiger partial charge in [0.2, 0.25) is 0 Å². The average molecular weight is 281 g/mol. The van der Waals surface area contributed by atoms with Crippen LogP contribution < -0.4 is 9.47 Å². The number of benzene rings is 1. The molecule has 1 rings (SSSR count). The second kappa shape index (κ2) is 7.75. The van der Waals surface area contributed by atoms with Gasteiger partial charge in [-0.05, 0) is 38.5 Å². The summed E-state index contributed by atoms with van der Waals surface area (Å²) in [7, 11) is 3.10. The molecule has 1 aromatic rings. The maximum atomic E-state index is 12.5. The summed E-state index contributed by atoms with van der Waals surface area (Å²) in [5, 5.41) is 8.93. The largest absolute Gasteiger partial charge is 0.493 e. The molecule has 20 heavy (non-hydrogen) atoms. The van der Waals surface area contributed by atoms with Crippen LogP contribution in [-0.2, 0) is 0 Å². The standard InChI is InChI=1S/C15H23NO4/c1-11(2)16(8-5-9-17)15(18)12-6-7-13(19-3)14(10-12)20-4/h6-7,10-11,17H,5,8-9H2,1-4H3. The minimum atomic E-state index is -0.0746. The van der Waals surface area contributed by atoms with Crippen molar-refractivity contribution in [1.82, 2.24) is 4.90 Å². The molecule has 0 aliphatic heterocycles. The SMILES string of the molecule is COc1ccc(C(=O)N(CCCO)C(C)C)cc1OC. The van der Waals surface area contributed by atoms with E-state index in [1.165, 1.54) is 7.11 Å². The minimum absolute atomic E-state index is 0.0714. The molecular formula is C15H23NO4. The first-order valence-electron chi connectivity index (χ1n) is 6.69. The van der Waals surface area contributed by atoms with Gasteiger partial charge in [0, 0.05) is 24.8 Å². The van der Waals surface area contributed by atoms with E-state index in [2.05, 4.69) is 0 Å². The summed E-state index contributed by atoms with van der Waals surface area (Å²) in [6, 6.07) is 5.19. The lowest BCUT2D eigenvalue weighted by molar-refractivity contribution is 0.0692. The molecule has 0 aromatic heterocycles. The van der Waals surface area contributed by atoms with Gasteiger partial charge in [0.15, 0.2) is 11.5 Å². The van der Waals surface area contributed by atoms with Gasteiger partial charge in [-0.1, -0.05) is 0 Å². The quantitative estimate of drug-likeness (QED) is 0.829. The topological polar surface area (TPSA) is 59.0 Å². The highest BCUT2D eigenvalue weighted by molar-refractivity contribution is 5.95. The third-order valence-electron chi connectivity index (χ3n) is 3.07. The molecule has 0 radical (unpaired) electrons. The number of aliphatic hydroxyl groups excluding tert-OH is 1. The molecule has 0 saturated carbocycles. The number of methoxy groups -OCH3 is 2. The maximum Gasteiger partial charge on any atom is 0.254 e.